The zero-order valence-electron chi connectivity index (χ0n) is 19.5. The predicted molar refractivity (Wildman–Crippen MR) is 132 cm³/mol. The molecule has 1 unspecified atom stereocenters. The molecule has 0 aliphatic heterocycles. The van der Waals surface area contributed by atoms with Crippen molar-refractivity contribution in [2.75, 3.05) is 12.4 Å². The highest BCUT2D eigenvalue weighted by Crippen LogP contribution is 2.23. The van der Waals surface area contributed by atoms with E-state index < -0.39 is 6.10 Å². The lowest BCUT2D eigenvalue weighted by Gasteiger charge is -2.14. The first-order valence-corrected chi connectivity index (χ1v) is 12.2. The lowest BCUT2D eigenvalue weighted by atomic mass is 10.1. The van der Waals surface area contributed by atoms with Gasteiger partial charge in [-0.3, -0.25) is 13.8 Å². The fourth-order valence-electron chi connectivity index (χ4n) is 3.84. The number of rotatable bonds is 9. The molecule has 0 radical (unpaired) electrons. The molecule has 2 heterocycles. The minimum Gasteiger partial charge on any atom is -0.491 e. The Balaban J connectivity index is 1.56. The van der Waals surface area contributed by atoms with Crippen LogP contribution in [-0.2, 0) is 6.54 Å². The van der Waals surface area contributed by atoms with E-state index in [-0.39, 0.29) is 12.2 Å². The monoisotopic (exact) mass is 466 g/mol. The molecule has 1 N–H and O–H groups in total. The maximum absolute atomic E-state index is 13.1. The molecule has 0 saturated heterocycles. The molecule has 7 nitrogen and oxygen atoms in total. The normalized spacial score (nSPS) is 12.7. The molecule has 0 saturated carbocycles. The Kier molecular flexibility index (Phi) is 7.05. The highest BCUT2D eigenvalue weighted by atomic mass is 32.2. The summed E-state index contributed by atoms with van der Waals surface area (Å²) in [6, 6.07) is 13.5. The summed E-state index contributed by atoms with van der Waals surface area (Å²) in [5.74, 6) is 2.14. The van der Waals surface area contributed by atoms with Gasteiger partial charge in [0, 0.05) is 12.3 Å². The van der Waals surface area contributed by atoms with Gasteiger partial charge in [-0.05, 0) is 61.6 Å². The Morgan fingerprint density at radius 3 is 2.55 bits per heavy atom. The van der Waals surface area contributed by atoms with Crippen molar-refractivity contribution in [3.63, 3.8) is 0 Å². The summed E-state index contributed by atoms with van der Waals surface area (Å²) in [5, 5.41) is 20.5. The Labute approximate surface area is 197 Å². The van der Waals surface area contributed by atoms with Gasteiger partial charge in [0.15, 0.2) is 5.16 Å². The van der Waals surface area contributed by atoms with E-state index in [1.807, 2.05) is 54.6 Å². The predicted octanol–water partition coefficient (Wildman–Crippen LogP) is 4.24. The first kappa shape index (κ1) is 23.3. The topological polar surface area (TPSA) is 81.7 Å². The van der Waals surface area contributed by atoms with Crippen molar-refractivity contribution in [3.8, 4) is 5.75 Å². The molecule has 0 aliphatic rings. The quantitative estimate of drug-likeness (QED) is 0.372. The number of aliphatic hydroxyl groups is 1. The van der Waals surface area contributed by atoms with Crippen LogP contribution in [0.15, 0.2) is 52.4 Å². The van der Waals surface area contributed by atoms with Crippen LogP contribution in [0.3, 0.4) is 0 Å². The molecule has 4 aromatic rings. The fourth-order valence-corrected chi connectivity index (χ4v) is 4.69. The second-order valence-corrected chi connectivity index (χ2v) is 9.86. The van der Waals surface area contributed by atoms with E-state index in [2.05, 4.69) is 30.1 Å². The summed E-state index contributed by atoms with van der Waals surface area (Å²) in [5.41, 5.74) is 2.97. The molecule has 0 fully saturated rings. The minimum absolute atomic E-state index is 0.0513. The summed E-state index contributed by atoms with van der Waals surface area (Å²) in [7, 11) is 0. The lowest BCUT2D eigenvalue weighted by Crippen LogP contribution is -2.24. The van der Waals surface area contributed by atoms with Gasteiger partial charge in [-0.25, -0.2) is 0 Å². The highest BCUT2D eigenvalue weighted by molar-refractivity contribution is 7.99. The second kappa shape index (κ2) is 9.97. The van der Waals surface area contributed by atoms with Crippen LogP contribution in [0.4, 0.5) is 0 Å². The van der Waals surface area contributed by atoms with Crippen molar-refractivity contribution in [1.82, 2.24) is 19.2 Å². The number of aryl methyl sites for hydroxylation is 3. The van der Waals surface area contributed by atoms with Crippen molar-refractivity contribution in [1.29, 1.82) is 0 Å². The van der Waals surface area contributed by atoms with Gasteiger partial charge in [0.25, 0.3) is 5.56 Å². The molecular weight excluding hydrogens is 436 g/mol. The third-order valence-corrected chi connectivity index (χ3v) is 6.52. The van der Waals surface area contributed by atoms with Gasteiger partial charge in [0.2, 0.25) is 5.78 Å². The van der Waals surface area contributed by atoms with Crippen molar-refractivity contribution >= 4 is 28.4 Å². The van der Waals surface area contributed by atoms with Crippen LogP contribution in [0, 0.1) is 19.8 Å². The Morgan fingerprint density at radius 1 is 1.09 bits per heavy atom. The zero-order valence-corrected chi connectivity index (χ0v) is 20.3. The van der Waals surface area contributed by atoms with E-state index in [0.29, 0.717) is 34.5 Å². The summed E-state index contributed by atoms with van der Waals surface area (Å²) in [6.07, 6.45) is 0.193. The van der Waals surface area contributed by atoms with Gasteiger partial charge >= 0.3 is 0 Å². The SMILES string of the molecule is Cc1cc(C)cc(OCC(O)CSc2nnc3n(CCC(C)C)c(=O)c4ccccc4n23)c1. The molecule has 0 bridgehead atoms. The Bertz CT molecular complexity index is 1310. The van der Waals surface area contributed by atoms with Crippen LogP contribution < -0.4 is 10.3 Å². The Hall–Kier alpha value is -2.84. The molecule has 33 heavy (non-hydrogen) atoms. The smallest absolute Gasteiger partial charge is 0.262 e. The van der Waals surface area contributed by atoms with E-state index in [4.69, 9.17) is 4.74 Å². The van der Waals surface area contributed by atoms with Crippen LogP contribution in [0.1, 0.15) is 31.4 Å². The number of ether oxygens (including phenoxy) is 1. The van der Waals surface area contributed by atoms with Crippen LogP contribution in [0.2, 0.25) is 0 Å². The Morgan fingerprint density at radius 2 is 1.82 bits per heavy atom. The standard InChI is InChI=1S/C25H30N4O3S/c1-16(2)9-10-28-23(31)21-7-5-6-8-22(21)29-24(28)26-27-25(29)33-15-19(30)14-32-20-12-17(3)11-18(4)13-20/h5-8,11-13,16,19,30H,9-10,14-15H2,1-4H3. The number of aliphatic hydroxyl groups excluding tert-OH is 1. The van der Waals surface area contributed by atoms with Crippen LogP contribution >= 0.6 is 11.8 Å². The van der Waals surface area contributed by atoms with E-state index in [1.54, 1.807) is 4.57 Å². The molecule has 0 aliphatic carbocycles. The van der Waals surface area contributed by atoms with Gasteiger partial charge in [-0.15, -0.1) is 10.2 Å². The molecular formula is C25H30N4O3S. The maximum Gasteiger partial charge on any atom is 0.262 e. The summed E-state index contributed by atoms with van der Waals surface area (Å²) in [6.45, 7) is 9.08. The minimum atomic E-state index is -0.679. The molecule has 2 aromatic carbocycles. The van der Waals surface area contributed by atoms with Crippen LogP contribution in [-0.4, -0.2) is 42.7 Å². The van der Waals surface area contributed by atoms with E-state index >= 15 is 0 Å². The van der Waals surface area contributed by atoms with Crippen molar-refractivity contribution < 1.29 is 9.84 Å². The molecule has 1 atom stereocenters. The third kappa shape index (κ3) is 5.23. The average Bonchev–Trinajstić information content (AvgIpc) is 3.19. The first-order chi connectivity index (χ1) is 15.8. The lowest BCUT2D eigenvalue weighted by molar-refractivity contribution is 0.126. The molecule has 4 rings (SSSR count). The van der Waals surface area contributed by atoms with Gasteiger partial charge in [-0.2, -0.15) is 0 Å². The van der Waals surface area contributed by atoms with E-state index in [0.717, 1.165) is 28.8 Å². The fraction of sp³-hybridized carbons (Fsp3) is 0.400. The molecule has 8 heteroatoms. The highest BCUT2D eigenvalue weighted by Gasteiger charge is 2.18. The van der Waals surface area contributed by atoms with Crippen LogP contribution in [0.5, 0.6) is 5.75 Å². The van der Waals surface area contributed by atoms with Crippen molar-refractivity contribution in [2.45, 2.75) is 51.9 Å². The molecule has 2 aromatic heterocycles. The number of fused-ring (bicyclic) bond motifs is 3. The van der Waals surface area contributed by atoms with Crippen molar-refractivity contribution in [2.24, 2.45) is 5.92 Å². The summed E-state index contributed by atoms with van der Waals surface area (Å²) < 4.78 is 9.42. The summed E-state index contributed by atoms with van der Waals surface area (Å²) in [4.78, 5) is 13.1. The average molecular weight is 467 g/mol. The number of hydrogen-bond donors (Lipinski definition) is 1. The number of aromatic nitrogens is 4. The zero-order chi connectivity index (χ0) is 23.5. The van der Waals surface area contributed by atoms with Crippen molar-refractivity contribution in [3.05, 3.63) is 63.9 Å². The molecule has 0 spiro atoms. The number of benzene rings is 2. The maximum atomic E-state index is 13.1. The number of hydrogen-bond acceptors (Lipinski definition) is 6. The van der Waals surface area contributed by atoms with Gasteiger partial charge < -0.3 is 9.84 Å². The molecule has 0 amide bonds. The number of para-hydroxylation sites is 1. The number of thioether (sulfide) groups is 1. The van der Waals surface area contributed by atoms with Gasteiger partial charge in [-0.1, -0.05) is 43.8 Å². The second-order valence-electron chi connectivity index (χ2n) is 8.87. The van der Waals surface area contributed by atoms with Gasteiger partial charge in [0.1, 0.15) is 12.4 Å². The largest absolute Gasteiger partial charge is 0.491 e. The van der Waals surface area contributed by atoms with Crippen LogP contribution in [0.25, 0.3) is 16.7 Å². The number of nitrogens with zero attached hydrogens (tertiary/aromatic N) is 4. The van der Waals surface area contributed by atoms with E-state index in [9.17, 15) is 9.90 Å². The van der Waals surface area contributed by atoms with E-state index in [1.165, 1.54) is 11.8 Å². The third-order valence-electron chi connectivity index (χ3n) is 5.45. The first-order valence-electron chi connectivity index (χ1n) is 11.2. The summed E-state index contributed by atoms with van der Waals surface area (Å²) >= 11 is 1.40. The molecule has 174 valence electrons. The van der Waals surface area contributed by atoms with Gasteiger partial charge in [0.05, 0.1) is 17.0 Å².